The Kier molecular flexibility index (Phi) is 4.61. The number of phenols is 1. The van der Waals surface area contributed by atoms with E-state index in [-0.39, 0.29) is 11.4 Å². The van der Waals surface area contributed by atoms with Crippen LogP contribution in [-0.4, -0.2) is 10.0 Å². The fourth-order valence-corrected chi connectivity index (χ4v) is 1.86. The van der Waals surface area contributed by atoms with Gasteiger partial charge in [0.1, 0.15) is 5.75 Å². The molecule has 0 atom stereocenters. The van der Waals surface area contributed by atoms with Gasteiger partial charge in [0, 0.05) is 12.1 Å². The summed E-state index contributed by atoms with van der Waals surface area (Å²) in [6.07, 6.45) is 1.70. The predicted octanol–water partition coefficient (Wildman–Crippen LogP) is 4.67. The van der Waals surface area contributed by atoms with Gasteiger partial charge in [0.15, 0.2) is 0 Å². The Hall–Kier alpha value is -2.76. The van der Waals surface area contributed by atoms with Crippen molar-refractivity contribution in [1.29, 1.82) is 0 Å². The zero-order chi connectivity index (χ0) is 15.2. The molecule has 0 spiro atoms. The maximum atomic E-state index is 10.6. The highest BCUT2D eigenvalue weighted by Gasteiger charge is 2.04. The molecule has 0 aliphatic carbocycles. The van der Waals surface area contributed by atoms with E-state index in [4.69, 9.17) is 0 Å². The summed E-state index contributed by atoms with van der Waals surface area (Å²) in [6.45, 7) is 2.03. The lowest BCUT2D eigenvalue weighted by Gasteiger charge is -2.03. The van der Waals surface area contributed by atoms with Crippen molar-refractivity contribution in [3.8, 4) is 5.75 Å². The Morgan fingerprint density at radius 1 is 1.10 bits per heavy atom. The molecular weight excluding hydrogens is 270 g/mol. The molecule has 6 nitrogen and oxygen atoms in total. The van der Waals surface area contributed by atoms with Crippen molar-refractivity contribution in [2.24, 2.45) is 10.2 Å². The number of aryl methyl sites for hydroxylation is 1. The summed E-state index contributed by atoms with van der Waals surface area (Å²) in [5, 5.41) is 28.4. The van der Waals surface area contributed by atoms with Crippen molar-refractivity contribution < 1.29 is 10.0 Å². The van der Waals surface area contributed by atoms with E-state index < -0.39 is 4.92 Å². The van der Waals surface area contributed by atoms with Gasteiger partial charge >= 0.3 is 0 Å². The third-order valence-electron chi connectivity index (χ3n) is 2.92. The van der Waals surface area contributed by atoms with Crippen molar-refractivity contribution in [3.63, 3.8) is 0 Å². The van der Waals surface area contributed by atoms with Crippen LogP contribution in [0.3, 0.4) is 0 Å². The third kappa shape index (κ3) is 3.85. The van der Waals surface area contributed by atoms with E-state index in [9.17, 15) is 15.2 Å². The summed E-state index contributed by atoms with van der Waals surface area (Å²) in [5.41, 5.74) is 2.02. The smallest absolute Gasteiger partial charge is 0.269 e. The highest BCUT2D eigenvalue weighted by Crippen LogP contribution is 2.26. The second-order valence-corrected chi connectivity index (χ2v) is 4.54. The Morgan fingerprint density at radius 3 is 2.33 bits per heavy atom. The van der Waals surface area contributed by atoms with E-state index in [2.05, 4.69) is 10.2 Å². The third-order valence-corrected chi connectivity index (χ3v) is 2.92. The average molecular weight is 285 g/mol. The van der Waals surface area contributed by atoms with Crippen LogP contribution in [0.5, 0.6) is 5.75 Å². The van der Waals surface area contributed by atoms with E-state index in [1.54, 1.807) is 18.2 Å². The van der Waals surface area contributed by atoms with Crippen molar-refractivity contribution in [3.05, 3.63) is 58.1 Å². The predicted molar refractivity (Wildman–Crippen MR) is 79.4 cm³/mol. The number of azo groups is 1. The molecule has 0 saturated heterocycles. The molecule has 2 aromatic carbocycles. The molecule has 0 amide bonds. The maximum Gasteiger partial charge on any atom is 0.269 e. The summed E-state index contributed by atoms with van der Waals surface area (Å²) < 4.78 is 0. The highest BCUT2D eigenvalue weighted by atomic mass is 16.6. The maximum absolute atomic E-state index is 10.6. The SMILES string of the molecule is CCCc1cc(N=Nc2ccc([N+](=O)[O-])cc2)ccc1O. The molecule has 21 heavy (non-hydrogen) atoms. The van der Waals surface area contributed by atoms with Gasteiger partial charge in [0.05, 0.1) is 16.3 Å². The molecular formula is C15H15N3O3. The Labute approximate surface area is 121 Å². The van der Waals surface area contributed by atoms with E-state index >= 15 is 0 Å². The van der Waals surface area contributed by atoms with Crippen LogP contribution in [0.15, 0.2) is 52.7 Å². The molecule has 0 fully saturated rings. The number of nitrogens with zero attached hydrogens (tertiary/aromatic N) is 3. The summed E-state index contributed by atoms with van der Waals surface area (Å²) >= 11 is 0. The van der Waals surface area contributed by atoms with E-state index in [1.807, 2.05) is 6.92 Å². The molecule has 0 heterocycles. The van der Waals surface area contributed by atoms with Crippen molar-refractivity contribution in [1.82, 2.24) is 0 Å². The van der Waals surface area contributed by atoms with Crippen LogP contribution in [-0.2, 0) is 6.42 Å². The molecule has 108 valence electrons. The van der Waals surface area contributed by atoms with Gasteiger partial charge in [-0.25, -0.2) is 0 Å². The molecule has 0 unspecified atom stereocenters. The van der Waals surface area contributed by atoms with Gasteiger partial charge in [-0.15, -0.1) is 0 Å². The number of non-ortho nitro benzene ring substituents is 1. The lowest BCUT2D eigenvalue weighted by Crippen LogP contribution is -1.85. The molecule has 2 aromatic rings. The fraction of sp³-hybridized carbons (Fsp3) is 0.200. The number of phenolic OH excluding ortho intramolecular Hbond substituents is 1. The van der Waals surface area contributed by atoms with Gasteiger partial charge < -0.3 is 5.11 Å². The molecule has 6 heteroatoms. The minimum Gasteiger partial charge on any atom is -0.508 e. The first kappa shape index (κ1) is 14.6. The fourth-order valence-electron chi connectivity index (χ4n) is 1.86. The van der Waals surface area contributed by atoms with Crippen LogP contribution < -0.4 is 0 Å². The minimum atomic E-state index is -0.460. The van der Waals surface area contributed by atoms with Gasteiger partial charge in [-0.2, -0.15) is 10.2 Å². The van der Waals surface area contributed by atoms with Gasteiger partial charge in [-0.3, -0.25) is 10.1 Å². The molecule has 2 rings (SSSR count). The van der Waals surface area contributed by atoms with Crippen LogP contribution in [0.1, 0.15) is 18.9 Å². The van der Waals surface area contributed by atoms with E-state index in [0.717, 1.165) is 18.4 Å². The molecule has 1 N–H and O–H groups in total. The average Bonchev–Trinajstić information content (AvgIpc) is 2.48. The Balaban J connectivity index is 2.17. The Morgan fingerprint density at radius 2 is 1.71 bits per heavy atom. The topological polar surface area (TPSA) is 88.1 Å². The number of hydrogen-bond acceptors (Lipinski definition) is 5. The van der Waals surface area contributed by atoms with Gasteiger partial charge in [0.25, 0.3) is 5.69 Å². The lowest BCUT2D eigenvalue weighted by atomic mass is 10.1. The van der Waals surface area contributed by atoms with Crippen molar-refractivity contribution in [2.45, 2.75) is 19.8 Å². The zero-order valence-electron chi connectivity index (χ0n) is 11.6. The second kappa shape index (κ2) is 6.60. The number of nitro benzene ring substituents is 1. The number of aromatic hydroxyl groups is 1. The lowest BCUT2D eigenvalue weighted by molar-refractivity contribution is -0.384. The van der Waals surface area contributed by atoms with Crippen molar-refractivity contribution >= 4 is 17.1 Å². The zero-order valence-corrected chi connectivity index (χ0v) is 11.6. The number of rotatable bonds is 5. The molecule has 0 radical (unpaired) electrons. The highest BCUT2D eigenvalue weighted by molar-refractivity contribution is 5.48. The standard InChI is InChI=1S/C15H15N3O3/c1-2-3-11-10-13(6-9-15(11)19)17-16-12-4-7-14(8-5-12)18(20)21/h4-10,19H,2-3H2,1H3. The number of nitro groups is 1. The summed E-state index contributed by atoms with van der Waals surface area (Å²) in [6, 6.07) is 10.9. The molecule has 0 bridgehead atoms. The van der Waals surface area contributed by atoms with Crippen LogP contribution >= 0.6 is 0 Å². The molecule has 0 aliphatic heterocycles. The number of hydrogen-bond donors (Lipinski definition) is 1. The molecule has 0 aromatic heterocycles. The van der Waals surface area contributed by atoms with E-state index in [0.29, 0.717) is 11.4 Å². The quantitative estimate of drug-likeness (QED) is 0.492. The second-order valence-electron chi connectivity index (χ2n) is 4.54. The first-order chi connectivity index (χ1) is 10.1. The van der Waals surface area contributed by atoms with Gasteiger partial charge in [-0.05, 0) is 42.3 Å². The van der Waals surface area contributed by atoms with Crippen LogP contribution in [0.25, 0.3) is 0 Å². The summed E-state index contributed by atoms with van der Waals surface area (Å²) in [4.78, 5) is 10.1. The summed E-state index contributed by atoms with van der Waals surface area (Å²) in [7, 11) is 0. The van der Waals surface area contributed by atoms with Crippen molar-refractivity contribution in [2.75, 3.05) is 0 Å². The molecule has 0 aliphatic rings. The van der Waals surface area contributed by atoms with Crippen LogP contribution in [0, 0.1) is 10.1 Å². The van der Waals surface area contributed by atoms with Crippen LogP contribution in [0.2, 0.25) is 0 Å². The normalized spacial score (nSPS) is 10.9. The monoisotopic (exact) mass is 285 g/mol. The first-order valence-electron chi connectivity index (χ1n) is 6.58. The largest absolute Gasteiger partial charge is 0.508 e. The first-order valence-corrected chi connectivity index (χ1v) is 6.58. The van der Waals surface area contributed by atoms with E-state index in [1.165, 1.54) is 24.3 Å². The number of benzene rings is 2. The van der Waals surface area contributed by atoms with Gasteiger partial charge in [-0.1, -0.05) is 13.3 Å². The summed E-state index contributed by atoms with van der Waals surface area (Å²) in [5.74, 6) is 0.256. The van der Waals surface area contributed by atoms with Crippen LogP contribution in [0.4, 0.5) is 17.1 Å². The Bertz CT molecular complexity index is 666. The van der Waals surface area contributed by atoms with Gasteiger partial charge in [0.2, 0.25) is 0 Å². The minimum absolute atomic E-state index is 0.0174. The molecule has 0 saturated carbocycles.